The first kappa shape index (κ1) is 8.70. The summed E-state index contributed by atoms with van der Waals surface area (Å²) in [5.41, 5.74) is 4.02. The van der Waals surface area contributed by atoms with E-state index in [1.165, 1.54) is 22.0 Å². The van der Waals surface area contributed by atoms with Crippen molar-refractivity contribution in [3.8, 4) is 0 Å². The second kappa shape index (κ2) is 3.46. The molecule has 1 N–H and O–H groups in total. The Morgan fingerprint density at radius 2 is 2.23 bits per heavy atom. The topological polar surface area (TPSA) is 15.8 Å². The van der Waals surface area contributed by atoms with Crippen molar-refractivity contribution in [2.75, 3.05) is 6.26 Å². The van der Waals surface area contributed by atoms with E-state index < -0.39 is 0 Å². The number of aryl methyl sites for hydroxylation is 1. The summed E-state index contributed by atoms with van der Waals surface area (Å²) in [5.74, 6) is 1.09. The highest BCUT2D eigenvalue weighted by molar-refractivity contribution is 7.97. The van der Waals surface area contributed by atoms with Gasteiger partial charge in [0.1, 0.15) is 0 Å². The Bertz CT molecular complexity index is 417. The lowest BCUT2D eigenvalue weighted by molar-refractivity contribution is 1.38. The lowest BCUT2D eigenvalue weighted by atomic mass is 10.1. The van der Waals surface area contributed by atoms with Gasteiger partial charge < -0.3 is 4.98 Å². The second-order valence-electron chi connectivity index (χ2n) is 3.24. The third-order valence-electron chi connectivity index (χ3n) is 2.31. The molecule has 13 heavy (non-hydrogen) atoms. The summed E-state index contributed by atoms with van der Waals surface area (Å²) in [6.07, 6.45) is 4.25. The van der Waals surface area contributed by atoms with Gasteiger partial charge in [-0.3, -0.25) is 0 Å². The fourth-order valence-corrected chi connectivity index (χ4v) is 2.19. The molecular formula is C11H13NS. The summed E-state index contributed by atoms with van der Waals surface area (Å²) >= 11 is 1.86. The Kier molecular flexibility index (Phi) is 2.32. The maximum absolute atomic E-state index is 3.33. The second-order valence-corrected chi connectivity index (χ2v) is 4.11. The van der Waals surface area contributed by atoms with Crippen LogP contribution in [0.1, 0.15) is 11.1 Å². The minimum Gasteiger partial charge on any atom is -0.361 e. The first-order valence-corrected chi connectivity index (χ1v) is 5.77. The Hall–Kier alpha value is -0.890. The number of aromatic nitrogens is 1. The number of rotatable bonds is 2. The molecule has 0 unspecified atom stereocenters. The van der Waals surface area contributed by atoms with Crippen LogP contribution in [0.5, 0.6) is 0 Å². The zero-order chi connectivity index (χ0) is 9.26. The molecule has 0 radical (unpaired) electrons. The van der Waals surface area contributed by atoms with Crippen LogP contribution in [-0.4, -0.2) is 11.2 Å². The predicted octanol–water partition coefficient (Wildman–Crippen LogP) is 3.34. The van der Waals surface area contributed by atoms with E-state index in [2.05, 4.69) is 42.6 Å². The van der Waals surface area contributed by atoms with Gasteiger partial charge in [0.25, 0.3) is 0 Å². The molecule has 1 nitrogen and oxygen atoms in total. The molecule has 0 saturated heterocycles. The molecule has 1 aromatic heterocycles. The van der Waals surface area contributed by atoms with Crippen LogP contribution < -0.4 is 0 Å². The van der Waals surface area contributed by atoms with Crippen LogP contribution in [-0.2, 0) is 5.75 Å². The molecule has 0 aliphatic carbocycles. The number of nitrogens with one attached hydrogen (secondary N) is 1. The average molecular weight is 191 g/mol. The Morgan fingerprint density at radius 1 is 1.38 bits per heavy atom. The van der Waals surface area contributed by atoms with Crippen LogP contribution >= 0.6 is 11.8 Å². The molecule has 1 aromatic carbocycles. The van der Waals surface area contributed by atoms with E-state index in [0.29, 0.717) is 0 Å². The molecule has 2 aromatic rings. The molecule has 0 aliphatic rings. The SMILES string of the molecule is CSCc1c[nH]c2c(C)cccc12. The van der Waals surface area contributed by atoms with Crippen molar-refractivity contribution >= 4 is 22.7 Å². The Labute approximate surface area is 82.5 Å². The van der Waals surface area contributed by atoms with E-state index in [-0.39, 0.29) is 0 Å². The van der Waals surface area contributed by atoms with Crippen molar-refractivity contribution in [3.63, 3.8) is 0 Å². The monoisotopic (exact) mass is 191 g/mol. The smallest absolute Gasteiger partial charge is 0.0486 e. The zero-order valence-corrected chi connectivity index (χ0v) is 8.74. The number of hydrogen-bond acceptors (Lipinski definition) is 1. The normalized spacial score (nSPS) is 10.9. The maximum atomic E-state index is 3.33. The number of aromatic amines is 1. The molecule has 0 fully saturated rings. The van der Waals surface area contributed by atoms with Gasteiger partial charge in [0.2, 0.25) is 0 Å². The van der Waals surface area contributed by atoms with Gasteiger partial charge in [0.05, 0.1) is 0 Å². The van der Waals surface area contributed by atoms with Gasteiger partial charge in [-0.15, -0.1) is 0 Å². The lowest BCUT2D eigenvalue weighted by Gasteiger charge is -1.97. The van der Waals surface area contributed by atoms with Crippen LogP contribution in [0.3, 0.4) is 0 Å². The lowest BCUT2D eigenvalue weighted by Crippen LogP contribution is -1.77. The third-order valence-corrected chi connectivity index (χ3v) is 2.91. The molecule has 0 bridgehead atoms. The van der Waals surface area contributed by atoms with Gasteiger partial charge in [0, 0.05) is 22.9 Å². The van der Waals surface area contributed by atoms with Gasteiger partial charge in [-0.2, -0.15) is 11.8 Å². The number of para-hydroxylation sites is 1. The molecule has 0 amide bonds. The van der Waals surface area contributed by atoms with Gasteiger partial charge in [0.15, 0.2) is 0 Å². The van der Waals surface area contributed by atoms with E-state index in [0.717, 1.165) is 5.75 Å². The molecule has 0 spiro atoms. The summed E-state index contributed by atoms with van der Waals surface area (Å²) in [6.45, 7) is 2.14. The van der Waals surface area contributed by atoms with Crippen LogP contribution in [0.15, 0.2) is 24.4 Å². The number of thioether (sulfide) groups is 1. The summed E-state index contributed by atoms with van der Waals surface area (Å²) in [5, 5.41) is 1.37. The highest BCUT2D eigenvalue weighted by Gasteiger charge is 2.03. The molecule has 0 aliphatic heterocycles. The molecular weight excluding hydrogens is 178 g/mol. The van der Waals surface area contributed by atoms with Crippen molar-refractivity contribution in [1.82, 2.24) is 4.98 Å². The molecule has 2 heteroatoms. The maximum Gasteiger partial charge on any atom is 0.0486 e. The zero-order valence-electron chi connectivity index (χ0n) is 7.92. The van der Waals surface area contributed by atoms with Gasteiger partial charge >= 0.3 is 0 Å². The van der Waals surface area contributed by atoms with E-state index in [4.69, 9.17) is 0 Å². The largest absolute Gasteiger partial charge is 0.361 e. The summed E-state index contributed by atoms with van der Waals surface area (Å²) in [4.78, 5) is 3.33. The third kappa shape index (κ3) is 1.46. The molecule has 0 atom stereocenters. The highest BCUT2D eigenvalue weighted by atomic mass is 32.2. The highest BCUT2D eigenvalue weighted by Crippen LogP contribution is 2.23. The summed E-state index contributed by atoms with van der Waals surface area (Å²) in [7, 11) is 0. The minimum atomic E-state index is 1.09. The molecule has 2 rings (SSSR count). The van der Waals surface area contributed by atoms with Crippen molar-refractivity contribution in [2.45, 2.75) is 12.7 Å². The first-order chi connectivity index (χ1) is 6.33. The van der Waals surface area contributed by atoms with Crippen molar-refractivity contribution in [1.29, 1.82) is 0 Å². The van der Waals surface area contributed by atoms with Gasteiger partial charge in [-0.05, 0) is 24.3 Å². The van der Waals surface area contributed by atoms with Crippen LogP contribution in [0.25, 0.3) is 10.9 Å². The fourth-order valence-electron chi connectivity index (χ4n) is 1.64. The van der Waals surface area contributed by atoms with Gasteiger partial charge in [-0.1, -0.05) is 18.2 Å². The number of fused-ring (bicyclic) bond motifs is 1. The predicted molar refractivity (Wildman–Crippen MR) is 60.3 cm³/mol. The number of H-pyrrole nitrogens is 1. The van der Waals surface area contributed by atoms with Crippen LogP contribution in [0.2, 0.25) is 0 Å². The molecule has 1 heterocycles. The van der Waals surface area contributed by atoms with Crippen LogP contribution in [0, 0.1) is 6.92 Å². The summed E-state index contributed by atoms with van der Waals surface area (Å²) in [6, 6.07) is 6.45. The van der Waals surface area contributed by atoms with Crippen molar-refractivity contribution in [3.05, 3.63) is 35.5 Å². The van der Waals surface area contributed by atoms with E-state index in [1.807, 2.05) is 11.8 Å². The standard InChI is InChI=1S/C11H13NS/c1-8-4-3-5-10-9(7-13-2)6-12-11(8)10/h3-6,12H,7H2,1-2H3. The van der Waals surface area contributed by atoms with E-state index in [1.54, 1.807) is 0 Å². The molecule has 0 saturated carbocycles. The van der Waals surface area contributed by atoms with E-state index >= 15 is 0 Å². The van der Waals surface area contributed by atoms with E-state index in [9.17, 15) is 0 Å². The Morgan fingerprint density at radius 3 is 3.00 bits per heavy atom. The quantitative estimate of drug-likeness (QED) is 0.769. The number of benzene rings is 1. The number of hydrogen-bond donors (Lipinski definition) is 1. The van der Waals surface area contributed by atoms with Crippen molar-refractivity contribution < 1.29 is 0 Å². The average Bonchev–Trinajstić information content (AvgIpc) is 2.51. The minimum absolute atomic E-state index is 1.09. The summed E-state index contributed by atoms with van der Waals surface area (Å²) < 4.78 is 0. The fraction of sp³-hybridized carbons (Fsp3) is 0.273. The van der Waals surface area contributed by atoms with Crippen molar-refractivity contribution in [2.24, 2.45) is 0 Å². The Balaban J connectivity index is 2.61. The molecule has 68 valence electrons. The first-order valence-electron chi connectivity index (χ1n) is 4.37. The van der Waals surface area contributed by atoms with Gasteiger partial charge in [-0.25, -0.2) is 0 Å². The van der Waals surface area contributed by atoms with Crippen LogP contribution in [0.4, 0.5) is 0 Å².